The van der Waals surface area contributed by atoms with Crippen LogP contribution in [0.3, 0.4) is 0 Å². The fraction of sp³-hybridized carbons (Fsp3) is 0.833. The van der Waals surface area contributed by atoms with Gasteiger partial charge in [-0.25, -0.2) is 0 Å². The fourth-order valence-electron chi connectivity index (χ4n) is 3.12. The van der Waals surface area contributed by atoms with Crippen LogP contribution in [-0.4, -0.2) is 19.7 Å². The molecule has 0 aromatic heterocycles. The van der Waals surface area contributed by atoms with Crippen molar-refractivity contribution in [2.24, 2.45) is 11.8 Å². The molecule has 2 unspecified atom stereocenters. The zero-order valence-corrected chi connectivity index (χ0v) is 16.9. The molecule has 1 rings (SSSR count). The molecule has 2 atom stereocenters. The van der Waals surface area contributed by atoms with Crippen molar-refractivity contribution in [2.45, 2.75) is 84.5 Å². The minimum atomic E-state index is -1.72. The second kappa shape index (κ2) is 8.12. The lowest BCUT2D eigenvalue weighted by Crippen LogP contribution is -2.41. The Morgan fingerprint density at radius 3 is 2.32 bits per heavy atom. The smallest absolute Gasteiger partial charge is 0.184 e. The number of hydrogen-bond acceptors (Lipinski definition) is 2. The van der Waals surface area contributed by atoms with Crippen LogP contribution in [0.2, 0.25) is 19.6 Å². The number of allylic oxidation sites excluding steroid dienone is 1. The average molecular weight is 345 g/mol. The van der Waals surface area contributed by atoms with Crippen molar-refractivity contribution < 1.29 is 9.22 Å². The van der Waals surface area contributed by atoms with Crippen molar-refractivity contribution in [3.05, 3.63) is 11.1 Å². The molecule has 0 bridgehead atoms. The Bertz CT molecular complexity index is 412. The Morgan fingerprint density at radius 2 is 1.86 bits per heavy atom. The van der Waals surface area contributed by atoms with Gasteiger partial charge in [-0.3, -0.25) is 4.79 Å². The summed E-state index contributed by atoms with van der Waals surface area (Å²) in [5.41, 5.74) is -0.440. The van der Waals surface area contributed by atoms with Gasteiger partial charge >= 0.3 is 0 Å². The first kappa shape index (κ1) is 19.9. The molecule has 0 radical (unpaired) electrons. The third-order valence-electron chi connectivity index (χ3n) is 4.16. The van der Waals surface area contributed by atoms with Gasteiger partial charge in [0.15, 0.2) is 14.1 Å². The van der Waals surface area contributed by atoms with Gasteiger partial charge in [0.1, 0.15) is 0 Å². The molecule has 1 aliphatic rings. The Balaban J connectivity index is 2.58. The minimum absolute atomic E-state index is 0.0346. The van der Waals surface area contributed by atoms with Crippen LogP contribution in [0.4, 0.5) is 0 Å². The van der Waals surface area contributed by atoms with Gasteiger partial charge < -0.3 is 4.43 Å². The van der Waals surface area contributed by atoms with Crippen LogP contribution in [0.25, 0.3) is 0 Å². The molecule has 0 saturated heterocycles. The molecule has 0 N–H and O–H groups in total. The maximum absolute atomic E-state index is 11.9. The lowest BCUT2D eigenvalue weighted by Gasteiger charge is -2.35. The summed E-state index contributed by atoms with van der Waals surface area (Å²) >= 11 is 6.06. The van der Waals surface area contributed by atoms with Crippen LogP contribution in [0.5, 0.6) is 0 Å². The van der Waals surface area contributed by atoms with E-state index in [2.05, 4.69) is 40.4 Å². The van der Waals surface area contributed by atoms with Crippen molar-refractivity contribution in [1.82, 2.24) is 0 Å². The molecule has 128 valence electrons. The maximum Gasteiger partial charge on any atom is 0.184 e. The SMILES string of the molecule is CC(C)CCCC(C)CCC1(O[Si](C)(C)C)C=C(Cl)C(=O)C1. The van der Waals surface area contributed by atoms with Crippen LogP contribution >= 0.6 is 11.6 Å². The van der Waals surface area contributed by atoms with Gasteiger partial charge in [0.2, 0.25) is 0 Å². The first-order valence-corrected chi connectivity index (χ1v) is 12.4. The predicted octanol–water partition coefficient (Wildman–Crippen LogP) is 5.91. The fourth-order valence-corrected chi connectivity index (χ4v) is 4.83. The molecule has 1 aliphatic carbocycles. The summed E-state index contributed by atoms with van der Waals surface area (Å²) in [5.74, 6) is 1.49. The molecule has 22 heavy (non-hydrogen) atoms. The van der Waals surface area contributed by atoms with Gasteiger partial charge in [-0.15, -0.1) is 0 Å². The number of Topliss-reactive ketones (excluding diaryl/α,β-unsaturated/α-hetero) is 1. The Kier molecular flexibility index (Phi) is 7.35. The van der Waals surface area contributed by atoms with Crippen molar-refractivity contribution in [3.8, 4) is 0 Å². The van der Waals surface area contributed by atoms with Gasteiger partial charge in [-0.1, -0.05) is 51.6 Å². The van der Waals surface area contributed by atoms with Crippen LogP contribution in [0.15, 0.2) is 11.1 Å². The third-order valence-corrected chi connectivity index (χ3v) is 5.50. The molecule has 2 nitrogen and oxygen atoms in total. The number of rotatable bonds is 9. The lowest BCUT2D eigenvalue weighted by atomic mass is 9.89. The van der Waals surface area contributed by atoms with E-state index in [4.69, 9.17) is 16.0 Å². The quantitative estimate of drug-likeness (QED) is 0.485. The van der Waals surface area contributed by atoms with Gasteiger partial charge in [0.05, 0.1) is 10.6 Å². The summed E-state index contributed by atoms with van der Waals surface area (Å²) in [6, 6.07) is 0. The van der Waals surface area contributed by atoms with Crippen LogP contribution < -0.4 is 0 Å². The normalized spacial score (nSPS) is 24.0. The molecule has 0 saturated carbocycles. The van der Waals surface area contributed by atoms with E-state index in [1.165, 1.54) is 19.3 Å². The summed E-state index contributed by atoms with van der Waals surface area (Å²) in [6.45, 7) is 13.4. The highest BCUT2D eigenvalue weighted by atomic mass is 35.5. The summed E-state index contributed by atoms with van der Waals surface area (Å²) in [4.78, 5) is 11.9. The van der Waals surface area contributed by atoms with Crippen LogP contribution in [0, 0.1) is 11.8 Å². The molecule has 0 aromatic carbocycles. The number of halogens is 1. The molecule has 0 heterocycles. The van der Waals surface area contributed by atoms with E-state index in [0.29, 0.717) is 17.4 Å². The Labute approximate surface area is 142 Å². The lowest BCUT2D eigenvalue weighted by molar-refractivity contribution is -0.116. The van der Waals surface area contributed by atoms with E-state index in [0.717, 1.165) is 18.8 Å². The van der Waals surface area contributed by atoms with E-state index in [9.17, 15) is 4.79 Å². The summed E-state index contributed by atoms with van der Waals surface area (Å²) in [5, 5.41) is 0.366. The van der Waals surface area contributed by atoms with Crippen molar-refractivity contribution in [2.75, 3.05) is 0 Å². The summed E-state index contributed by atoms with van der Waals surface area (Å²) in [7, 11) is -1.72. The first-order valence-electron chi connectivity index (χ1n) is 8.65. The monoisotopic (exact) mass is 344 g/mol. The zero-order valence-electron chi connectivity index (χ0n) is 15.2. The third kappa shape index (κ3) is 6.97. The summed E-state index contributed by atoms with van der Waals surface area (Å²) in [6.07, 6.45) is 8.15. The van der Waals surface area contributed by atoms with Gasteiger partial charge in [0, 0.05) is 6.42 Å². The minimum Gasteiger partial charge on any atom is -0.408 e. The topological polar surface area (TPSA) is 26.3 Å². The second-order valence-corrected chi connectivity index (χ2v) is 13.2. The number of hydrogen-bond donors (Lipinski definition) is 0. The molecule has 0 aromatic rings. The Morgan fingerprint density at radius 1 is 1.23 bits per heavy atom. The van der Waals surface area contributed by atoms with Crippen molar-refractivity contribution in [3.63, 3.8) is 0 Å². The summed E-state index contributed by atoms with van der Waals surface area (Å²) < 4.78 is 6.38. The van der Waals surface area contributed by atoms with Crippen molar-refractivity contribution >= 4 is 25.7 Å². The van der Waals surface area contributed by atoms with Gasteiger partial charge in [-0.2, -0.15) is 0 Å². The van der Waals surface area contributed by atoms with Gasteiger partial charge in [0.25, 0.3) is 0 Å². The maximum atomic E-state index is 11.9. The molecule has 0 amide bonds. The molecule has 4 heteroatoms. The standard InChI is InChI=1S/C18H33ClO2Si/c1-14(2)8-7-9-15(3)10-11-18(21-22(4,5)6)12-16(19)17(20)13-18/h12,14-15H,7-11,13H2,1-6H3. The van der Waals surface area contributed by atoms with Crippen LogP contribution in [0.1, 0.15) is 59.3 Å². The highest BCUT2D eigenvalue weighted by molar-refractivity contribution is 6.69. The van der Waals surface area contributed by atoms with Crippen molar-refractivity contribution in [1.29, 1.82) is 0 Å². The van der Waals surface area contributed by atoms with E-state index >= 15 is 0 Å². The largest absolute Gasteiger partial charge is 0.408 e. The Hall–Kier alpha value is -0.123. The van der Waals surface area contributed by atoms with E-state index < -0.39 is 13.9 Å². The van der Waals surface area contributed by atoms with Crippen LogP contribution in [-0.2, 0) is 9.22 Å². The molecular formula is C18H33ClO2Si. The van der Waals surface area contributed by atoms with E-state index in [1.54, 1.807) is 0 Å². The first-order chi connectivity index (χ1) is 10.0. The number of carbonyl (C=O) groups is 1. The molecule has 0 spiro atoms. The molecular weight excluding hydrogens is 312 g/mol. The predicted molar refractivity (Wildman–Crippen MR) is 97.8 cm³/mol. The van der Waals surface area contributed by atoms with E-state index in [-0.39, 0.29) is 5.78 Å². The second-order valence-electron chi connectivity index (χ2n) is 8.34. The zero-order chi connectivity index (χ0) is 17.0. The number of carbonyl (C=O) groups excluding carboxylic acids is 1. The average Bonchev–Trinajstić information content (AvgIpc) is 2.60. The highest BCUT2D eigenvalue weighted by Crippen LogP contribution is 2.38. The van der Waals surface area contributed by atoms with Gasteiger partial charge in [-0.05, 0) is 50.4 Å². The molecule has 0 aliphatic heterocycles. The van der Waals surface area contributed by atoms with E-state index in [1.807, 2.05) is 6.08 Å². The number of ketones is 1. The molecule has 0 fully saturated rings. The highest BCUT2D eigenvalue weighted by Gasteiger charge is 2.41.